The lowest BCUT2D eigenvalue weighted by atomic mass is 10.3. The molecule has 6 nitrogen and oxygen atoms in total. The van der Waals surface area contributed by atoms with Crippen molar-refractivity contribution in [1.29, 1.82) is 0 Å². The fourth-order valence-electron chi connectivity index (χ4n) is 2.67. The SMILES string of the molecule is Fc1cccc2oc(N3CCN(c4ccnnc4)CC3)nc12. The first-order valence-corrected chi connectivity index (χ1v) is 7.13. The van der Waals surface area contributed by atoms with Crippen LogP contribution in [-0.4, -0.2) is 41.4 Å². The Morgan fingerprint density at radius 3 is 2.55 bits per heavy atom. The average Bonchev–Trinajstić information content (AvgIpc) is 3.02. The van der Waals surface area contributed by atoms with Crippen molar-refractivity contribution in [3.8, 4) is 0 Å². The molecule has 0 N–H and O–H groups in total. The summed E-state index contributed by atoms with van der Waals surface area (Å²) >= 11 is 0. The number of benzene rings is 1. The number of piperazine rings is 1. The largest absolute Gasteiger partial charge is 0.423 e. The van der Waals surface area contributed by atoms with Crippen molar-refractivity contribution in [3.05, 3.63) is 42.5 Å². The van der Waals surface area contributed by atoms with Crippen LogP contribution in [0.3, 0.4) is 0 Å². The molecule has 3 aromatic rings. The molecule has 2 aromatic heterocycles. The van der Waals surface area contributed by atoms with Crippen LogP contribution in [0, 0.1) is 5.82 Å². The number of oxazole rings is 1. The standard InChI is InChI=1S/C15H14FN5O/c16-12-2-1-3-13-14(12)19-15(22-13)21-8-6-20(7-9-21)11-4-5-17-18-10-11/h1-5,10H,6-9H2. The smallest absolute Gasteiger partial charge is 0.298 e. The zero-order valence-corrected chi connectivity index (χ0v) is 11.8. The molecule has 1 fully saturated rings. The van der Waals surface area contributed by atoms with Gasteiger partial charge in [-0.15, -0.1) is 0 Å². The predicted molar refractivity (Wildman–Crippen MR) is 80.4 cm³/mol. The lowest BCUT2D eigenvalue weighted by Gasteiger charge is -2.34. The molecule has 0 spiro atoms. The van der Waals surface area contributed by atoms with Gasteiger partial charge >= 0.3 is 0 Å². The Labute approximate surface area is 126 Å². The topological polar surface area (TPSA) is 58.3 Å². The molecule has 112 valence electrons. The molecule has 0 saturated carbocycles. The molecule has 0 radical (unpaired) electrons. The summed E-state index contributed by atoms with van der Waals surface area (Å²) in [5, 5.41) is 7.69. The van der Waals surface area contributed by atoms with E-state index in [1.165, 1.54) is 6.07 Å². The van der Waals surface area contributed by atoms with Crippen LogP contribution in [0.15, 0.2) is 41.1 Å². The Hall–Kier alpha value is -2.70. The zero-order valence-electron chi connectivity index (χ0n) is 11.8. The maximum Gasteiger partial charge on any atom is 0.298 e. The third-order valence-electron chi connectivity index (χ3n) is 3.84. The van der Waals surface area contributed by atoms with Gasteiger partial charge in [-0.1, -0.05) is 6.07 Å². The second-order valence-corrected chi connectivity index (χ2v) is 5.16. The fraction of sp³-hybridized carbons (Fsp3) is 0.267. The van der Waals surface area contributed by atoms with E-state index in [0.717, 1.165) is 31.9 Å². The van der Waals surface area contributed by atoms with Gasteiger partial charge in [-0.05, 0) is 18.2 Å². The molecular formula is C15H14FN5O. The quantitative estimate of drug-likeness (QED) is 0.722. The predicted octanol–water partition coefficient (Wildman–Crippen LogP) is 2.08. The van der Waals surface area contributed by atoms with Gasteiger partial charge in [0.25, 0.3) is 6.01 Å². The molecule has 4 rings (SSSR count). The molecule has 1 aliphatic heterocycles. The van der Waals surface area contributed by atoms with Gasteiger partial charge in [0.1, 0.15) is 5.52 Å². The summed E-state index contributed by atoms with van der Waals surface area (Å²) in [5.41, 5.74) is 1.83. The third kappa shape index (κ3) is 2.24. The summed E-state index contributed by atoms with van der Waals surface area (Å²) in [6.45, 7) is 3.17. The van der Waals surface area contributed by atoms with E-state index in [2.05, 4.69) is 20.1 Å². The minimum Gasteiger partial charge on any atom is -0.423 e. The van der Waals surface area contributed by atoms with E-state index < -0.39 is 0 Å². The number of aromatic nitrogens is 3. The molecule has 1 saturated heterocycles. The molecule has 1 aliphatic rings. The Balaban J connectivity index is 1.52. The number of rotatable bonds is 2. The maximum atomic E-state index is 13.7. The van der Waals surface area contributed by atoms with Gasteiger partial charge in [0.2, 0.25) is 0 Å². The first-order chi connectivity index (χ1) is 10.8. The minimum absolute atomic E-state index is 0.290. The van der Waals surface area contributed by atoms with Crippen molar-refractivity contribution >= 4 is 22.8 Å². The second kappa shape index (κ2) is 5.25. The number of halogens is 1. The Morgan fingerprint density at radius 1 is 1.00 bits per heavy atom. The Bertz CT molecular complexity index is 783. The van der Waals surface area contributed by atoms with Gasteiger partial charge in [-0.25, -0.2) is 4.39 Å². The van der Waals surface area contributed by atoms with Crippen LogP contribution in [-0.2, 0) is 0 Å². The van der Waals surface area contributed by atoms with E-state index in [1.807, 2.05) is 11.0 Å². The first-order valence-electron chi connectivity index (χ1n) is 7.13. The lowest BCUT2D eigenvalue weighted by Crippen LogP contribution is -2.46. The zero-order chi connectivity index (χ0) is 14.9. The summed E-state index contributed by atoms with van der Waals surface area (Å²) < 4.78 is 19.4. The minimum atomic E-state index is -0.353. The van der Waals surface area contributed by atoms with Crippen LogP contribution >= 0.6 is 0 Å². The molecule has 0 atom stereocenters. The van der Waals surface area contributed by atoms with E-state index in [9.17, 15) is 4.39 Å². The molecule has 0 bridgehead atoms. The normalized spacial score (nSPS) is 15.5. The summed E-state index contributed by atoms with van der Waals surface area (Å²) in [7, 11) is 0. The van der Waals surface area contributed by atoms with E-state index >= 15 is 0 Å². The number of anilines is 2. The molecule has 0 unspecified atom stereocenters. The van der Waals surface area contributed by atoms with Crippen LogP contribution < -0.4 is 9.80 Å². The molecular weight excluding hydrogens is 285 g/mol. The van der Waals surface area contributed by atoms with Gasteiger partial charge in [0.05, 0.1) is 18.1 Å². The van der Waals surface area contributed by atoms with Gasteiger partial charge in [-0.3, -0.25) is 0 Å². The Kier molecular flexibility index (Phi) is 3.10. The number of hydrogen-bond donors (Lipinski definition) is 0. The van der Waals surface area contributed by atoms with Crippen molar-refractivity contribution in [2.75, 3.05) is 36.0 Å². The van der Waals surface area contributed by atoms with Crippen LogP contribution in [0.4, 0.5) is 16.1 Å². The summed E-state index contributed by atoms with van der Waals surface area (Å²) in [6, 6.07) is 7.17. The van der Waals surface area contributed by atoms with Crippen molar-refractivity contribution < 1.29 is 8.81 Å². The first kappa shape index (κ1) is 13.0. The molecule has 0 amide bonds. The van der Waals surface area contributed by atoms with E-state index in [1.54, 1.807) is 24.5 Å². The van der Waals surface area contributed by atoms with Gasteiger partial charge in [-0.2, -0.15) is 15.2 Å². The van der Waals surface area contributed by atoms with E-state index in [-0.39, 0.29) is 5.82 Å². The van der Waals surface area contributed by atoms with Crippen LogP contribution in [0.25, 0.3) is 11.1 Å². The van der Waals surface area contributed by atoms with Gasteiger partial charge in [0.15, 0.2) is 11.4 Å². The Morgan fingerprint density at radius 2 is 1.82 bits per heavy atom. The molecule has 1 aromatic carbocycles. The molecule has 3 heterocycles. The van der Waals surface area contributed by atoms with Crippen molar-refractivity contribution in [2.45, 2.75) is 0 Å². The summed E-state index contributed by atoms with van der Waals surface area (Å²) in [4.78, 5) is 8.54. The van der Waals surface area contributed by atoms with Gasteiger partial charge < -0.3 is 14.2 Å². The molecule has 7 heteroatoms. The van der Waals surface area contributed by atoms with E-state index in [4.69, 9.17) is 4.42 Å². The number of nitrogens with zero attached hydrogens (tertiary/aromatic N) is 5. The fourth-order valence-corrected chi connectivity index (χ4v) is 2.67. The van der Waals surface area contributed by atoms with Crippen molar-refractivity contribution in [3.63, 3.8) is 0 Å². The van der Waals surface area contributed by atoms with Crippen LogP contribution in [0.2, 0.25) is 0 Å². The highest BCUT2D eigenvalue weighted by molar-refractivity contribution is 5.75. The van der Waals surface area contributed by atoms with Crippen LogP contribution in [0.5, 0.6) is 0 Å². The van der Waals surface area contributed by atoms with E-state index in [0.29, 0.717) is 17.1 Å². The highest BCUT2D eigenvalue weighted by Crippen LogP contribution is 2.25. The molecule has 22 heavy (non-hydrogen) atoms. The summed E-state index contributed by atoms with van der Waals surface area (Å²) in [6.07, 6.45) is 3.44. The van der Waals surface area contributed by atoms with Crippen molar-refractivity contribution in [2.24, 2.45) is 0 Å². The second-order valence-electron chi connectivity index (χ2n) is 5.16. The van der Waals surface area contributed by atoms with Gasteiger partial charge in [0, 0.05) is 26.2 Å². The lowest BCUT2D eigenvalue weighted by molar-refractivity contribution is 0.541. The highest BCUT2D eigenvalue weighted by Gasteiger charge is 2.22. The number of fused-ring (bicyclic) bond motifs is 1. The average molecular weight is 299 g/mol. The molecule has 0 aliphatic carbocycles. The number of hydrogen-bond acceptors (Lipinski definition) is 6. The maximum absolute atomic E-state index is 13.7. The van der Waals surface area contributed by atoms with Crippen LogP contribution in [0.1, 0.15) is 0 Å². The number of para-hydroxylation sites is 1. The monoisotopic (exact) mass is 299 g/mol. The highest BCUT2D eigenvalue weighted by atomic mass is 19.1. The summed E-state index contributed by atoms with van der Waals surface area (Å²) in [5.74, 6) is -0.353. The third-order valence-corrected chi connectivity index (χ3v) is 3.84. The van der Waals surface area contributed by atoms with Crippen molar-refractivity contribution in [1.82, 2.24) is 15.2 Å².